The van der Waals surface area contributed by atoms with Crippen LogP contribution in [-0.4, -0.2) is 27.6 Å². The van der Waals surface area contributed by atoms with Crippen LogP contribution in [0.1, 0.15) is 19.8 Å². The lowest BCUT2D eigenvalue weighted by molar-refractivity contribution is -0.137. The van der Waals surface area contributed by atoms with E-state index >= 15 is 0 Å². The van der Waals surface area contributed by atoms with Gasteiger partial charge >= 0.3 is 11.7 Å². The largest absolute Gasteiger partial charge is 0.479 e. The van der Waals surface area contributed by atoms with Gasteiger partial charge in [-0.1, -0.05) is 6.92 Å². The zero-order chi connectivity index (χ0) is 9.56. The van der Waals surface area contributed by atoms with Gasteiger partial charge in [-0.25, -0.2) is 4.79 Å². The maximum atomic E-state index is 10.3. The van der Waals surface area contributed by atoms with Gasteiger partial charge in [0.15, 0.2) is 0 Å². The maximum Gasteiger partial charge on any atom is 0.344 e. The monoisotopic (exact) mass is 171 g/mol. The van der Waals surface area contributed by atoms with E-state index in [1.54, 1.807) is 6.92 Å². The van der Waals surface area contributed by atoms with E-state index in [0.29, 0.717) is 6.42 Å². The van der Waals surface area contributed by atoms with Gasteiger partial charge in [-0.2, -0.15) is 4.79 Å². The number of hydrogen-bond donors (Lipinski definition) is 1. The number of carboxylic acid groups (broad SMARTS) is 1. The van der Waals surface area contributed by atoms with Crippen molar-refractivity contribution in [3.63, 3.8) is 0 Å². The first kappa shape index (κ1) is 10.4. The molecule has 0 radical (unpaired) electrons. The molecule has 6 nitrogen and oxygen atoms in total. The Morgan fingerprint density at radius 2 is 2.33 bits per heavy atom. The fourth-order valence-corrected chi connectivity index (χ4v) is 0.746. The van der Waals surface area contributed by atoms with Crippen LogP contribution < -0.4 is 0 Å². The van der Waals surface area contributed by atoms with Crippen LogP contribution in [0, 0.1) is 4.91 Å². The molecule has 66 valence electrons. The number of hydrogen-bond acceptors (Lipinski definition) is 3. The van der Waals surface area contributed by atoms with Crippen molar-refractivity contribution in [2.45, 2.75) is 25.8 Å². The van der Waals surface area contributed by atoms with E-state index in [-0.39, 0.29) is 12.1 Å². The fraction of sp³-hybridized carbons (Fsp3) is 0.667. The van der Waals surface area contributed by atoms with Crippen LogP contribution in [0.4, 0.5) is 0 Å². The SMILES string of the molecule is CCCC(=[N+]=[N-])[C@H](N=O)C(=O)O. The van der Waals surface area contributed by atoms with Gasteiger partial charge in [0.25, 0.3) is 6.04 Å². The summed E-state index contributed by atoms with van der Waals surface area (Å²) in [5.41, 5.74) is 8.22. The zero-order valence-electron chi connectivity index (χ0n) is 6.60. The van der Waals surface area contributed by atoms with Crippen LogP contribution in [0.2, 0.25) is 0 Å². The van der Waals surface area contributed by atoms with Crippen LogP contribution in [0.15, 0.2) is 5.18 Å². The summed E-state index contributed by atoms with van der Waals surface area (Å²) in [6, 6.07) is -1.56. The van der Waals surface area contributed by atoms with Crippen molar-refractivity contribution in [1.82, 2.24) is 0 Å². The van der Waals surface area contributed by atoms with Crippen molar-refractivity contribution in [1.29, 1.82) is 0 Å². The minimum absolute atomic E-state index is 0.111. The molecule has 0 aromatic rings. The summed E-state index contributed by atoms with van der Waals surface area (Å²) >= 11 is 0. The molecular weight excluding hydrogens is 162 g/mol. The molecule has 0 aromatic carbocycles. The molecule has 0 unspecified atom stereocenters. The van der Waals surface area contributed by atoms with Gasteiger partial charge in [0.1, 0.15) is 0 Å². The predicted molar refractivity (Wildman–Crippen MR) is 40.8 cm³/mol. The standard InChI is InChI=1S/C6H9N3O3/c1-2-3-4(8-7)5(9-12)6(10)11/h5H,2-3H2,1H3,(H,10,11)/t5-/m0/s1. The first-order chi connectivity index (χ1) is 5.67. The Kier molecular flexibility index (Phi) is 4.48. The Hall–Kier alpha value is -1.55. The quantitative estimate of drug-likeness (QED) is 0.284. The molecule has 6 heteroatoms. The topological polar surface area (TPSA) is 103 Å². The smallest absolute Gasteiger partial charge is 0.344 e. The van der Waals surface area contributed by atoms with Crippen molar-refractivity contribution < 1.29 is 14.7 Å². The molecule has 1 N–H and O–H groups in total. The van der Waals surface area contributed by atoms with Crippen molar-refractivity contribution in [3.05, 3.63) is 10.4 Å². The van der Waals surface area contributed by atoms with Gasteiger partial charge in [0.2, 0.25) is 0 Å². The minimum atomic E-state index is -1.56. The third kappa shape index (κ3) is 2.59. The van der Waals surface area contributed by atoms with Crippen LogP contribution in [-0.2, 0) is 4.79 Å². The number of nitroso groups, excluding NO2 is 1. The van der Waals surface area contributed by atoms with Crippen LogP contribution >= 0.6 is 0 Å². The highest BCUT2D eigenvalue weighted by Gasteiger charge is 2.31. The molecule has 12 heavy (non-hydrogen) atoms. The summed E-state index contributed by atoms with van der Waals surface area (Å²) in [5, 5.41) is 10.8. The highest BCUT2D eigenvalue weighted by molar-refractivity contribution is 6.02. The van der Waals surface area contributed by atoms with E-state index in [0.717, 1.165) is 0 Å². The number of nitrogens with zero attached hydrogens (tertiary/aromatic N) is 3. The predicted octanol–water partition coefficient (Wildman–Crippen LogP) is 0.677. The highest BCUT2D eigenvalue weighted by Crippen LogP contribution is 1.99. The summed E-state index contributed by atoms with van der Waals surface area (Å²) in [6.07, 6.45) is 0.845. The number of aliphatic carboxylic acids is 1. The zero-order valence-corrected chi connectivity index (χ0v) is 6.60. The summed E-state index contributed by atoms with van der Waals surface area (Å²) in [6.45, 7) is 1.77. The van der Waals surface area contributed by atoms with Gasteiger partial charge in [-0.05, 0) is 11.6 Å². The molecule has 0 aliphatic carbocycles. The second-order valence-corrected chi connectivity index (χ2v) is 2.19. The Balaban J connectivity index is 4.57. The maximum absolute atomic E-state index is 10.3. The molecule has 0 aliphatic heterocycles. The van der Waals surface area contributed by atoms with Crippen molar-refractivity contribution in [2.75, 3.05) is 0 Å². The van der Waals surface area contributed by atoms with E-state index in [2.05, 4.69) is 9.97 Å². The molecule has 0 saturated carbocycles. The number of rotatable bonds is 5. The van der Waals surface area contributed by atoms with E-state index in [1.165, 1.54) is 0 Å². The molecule has 0 amide bonds. The van der Waals surface area contributed by atoms with E-state index in [4.69, 9.17) is 10.6 Å². The van der Waals surface area contributed by atoms with Gasteiger partial charge in [0, 0.05) is 6.42 Å². The molecule has 0 saturated heterocycles. The lowest BCUT2D eigenvalue weighted by Crippen LogP contribution is -2.28. The van der Waals surface area contributed by atoms with Crippen molar-refractivity contribution in [2.24, 2.45) is 5.18 Å². The Morgan fingerprint density at radius 3 is 2.58 bits per heavy atom. The molecule has 0 bridgehead atoms. The summed E-state index contributed by atoms with van der Waals surface area (Å²) in [5.74, 6) is -1.40. The molecule has 0 rings (SSSR count). The van der Waals surface area contributed by atoms with Crippen molar-refractivity contribution in [3.8, 4) is 0 Å². The summed E-state index contributed by atoms with van der Waals surface area (Å²) in [4.78, 5) is 23.0. The Morgan fingerprint density at radius 1 is 1.75 bits per heavy atom. The number of carbonyl (C=O) groups is 1. The summed E-state index contributed by atoms with van der Waals surface area (Å²) < 4.78 is 0. The van der Waals surface area contributed by atoms with Gasteiger partial charge < -0.3 is 10.6 Å². The first-order valence-corrected chi connectivity index (χ1v) is 3.43. The molecular formula is C6H9N3O3. The average Bonchev–Trinajstić information content (AvgIpc) is 2.03. The average molecular weight is 171 g/mol. The van der Waals surface area contributed by atoms with Gasteiger partial charge in [0.05, 0.1) is 0 Å². The molecule has 0 heterocycles. The lowest BCUT2D eigenvalue weighted by atomic mass is 10.1. The fourth-order valence-electron chi connectivity index (χ4n) is 0.746. The van der Waals surface area contributed by atoms with Crippen LogP contribution in [0.5, 0.6) is 0 Å². The second-order valence-electron chi connectivity index (χ2n) is 2.19. The van der Waals surface area contributed by atoms with Crippen LogP contribution in [0.3, 0.4) is 0 Å². The Labute approximate surface area is 68.8 Å². The number of carboxylic acids is 1. The minimum Gasteiger partial charge on any atom is -0.479 e. The molecule has 1 atom stereocenters. The second kappa shape index (κ2) is 5.15. The third-order valence-corrected chi connectivity index (χ3v) is 1.29. The lowest BCUT2D eigenvalue weighted by Gasteiger charge is -1.95. The summed E-state index contributed by atoms with van der Waals surface area (Å²) in [7, 11) is 0. The van der Waals surface area contributed by atoms with Gasteiger partial charge in [-0.3, -0.25) is 0 Å². The molecule has 0 fully saturated rings. The Bertz CT molecular complexity index is 232. The van der Waals surface area contributed by atoms with Crippen molar-refractivity contribution >= 4 is 11.7 Å². The molecule has 0 aromatic heterocycles. The van der Waals surface area contributed by atoms with Crippen LogP contribution in [0.25, 0.3) is 5.53 Å². The third-order valence-electron chi connectivity index (χ3n) is 1.29. The normalized spacial score (nSPS) is 11.4. The van der Waals surface area contributed by atoms with E-state index < -0.39 is 12.0 Å². The van der Waals surface area contributed by atoms with E-state index in [9.17, 15) is 9.70 Å². The molecule has 0 spiro atoms. The molecule has 0 aliphatic rings. The first-order valence-electron chi connectivity index (χ1n) is 3.43. The highest BCUT2D eigenvalue weighted by atomic mass is 16.4. The van der Waals surface area contributed by atoms with Gasteiger partial charge in [-0.15, -0.1) is 4.91 Å². The van der Waals surface area contributed by atoms with E-state index in [1.807, 2.05) is 0 Å².